The van der Waals surface area contributed by atoms with Crippen LogP contribution in [-0.4, -0.2) is 19.8 Å². The number of aromatic nitrogens is 4. The lowest BCUT2D eigenvalue weighted by atomic mass is 10.2. The van der Waals surface area contributed by atoms with E-state index in [9.17, 15) is 4.79 Å². The molecule has 0 N–H and O–H groups in total. The number of hydrogen-bond acceptors (Lipinski definition) is 4. The van der Waals surface area contributed by atoms with Gasteiger partial charge < -0.3 is 0 Å². The van der Waals surface area contributed by atoms with Gasteiger partial charge in [-0.25, -0.2) is 4.79 Å². The molecule has 3 rings (SSSR count). The largest absolute Gasteiger partial charge is 0.369 e. The third-order valence-corrected chi connectivity index (χ3v) is 3.91. The van der Waals surface area contributed by atoms with E-state index in [1.165, 1.54) is 20.7 Å². The van der Waals surface area contributed by atoms with E-state index in [2.05, 4.69) is 26.4 Å². The third kappa shape index (κ3) is 2.52. The summed E-state index contributed by atoms with van der Waals surface area (Å²) in [6.07, 6.45) is 0. The molecule has 96 valence electrons. The van der Waals surface area contributed by atoms with Crippen LogP contribution in [0.1, 0.15) is 5.56 Å². The van der Waals surface area contributed by atoms with E-state index in [0.29, 0.717) is 6.54 Å². The van der Waals surface area contributed by atoms with Crippen LogP contribution < -0.4 is 5.69 Å². The van der Waals surface area contributed by atoms with Gasteiger partial charge in [-0.1, -0.05) is 28.1 Å². The first-order chi connectivity index (χ1) is 9.24. The Morgan fingerprint density at radius 3 is 2.84 bits per heavy atom. The summed E-state index contributed by atoms with van der Waals surface area (Å²) in [6, 6.07) is 11.5. The molecule has 0 spiro atoms. The van der Waals surface area contributed by atoms with Crippen LogP contribution in [0.3, 0.4) is 0 Å². The molecule has 0 aliphatic heterocycles. The van der Waals surface area contributed by atoms with Crippen molar-refractivity contribution in [1.29, 1.82) is 0 Å². The van der Waals surface area contributed by atoms with Crippen molar-refractivity contribution in [3.8, 4) is 5.00 Å². The van der Waals surface area contributed by atoms with Crippen molar-refractivity contribution in [3.63, 3.8) is 0 Å². The molecule has 0 bridgehead atoms. The van der Waals surface area contributed by atoms with E-state index >= 15 is 0 Å². The average molecular weight is 337 g/mol. The summed E-state index contributed by atoms with van der Waals surface area (Å²) in [5.41, 5.74) is 0.761. The van der Waals surface area contributed by atoms with Gasteiger partial charge in [-0.2, -0.15) is 9.36 Å². The molecular formula is C12H9BrN4OS. The second kappa shape index (κ2) is 5.10. The number of benzene rings is 1. The molecule has 5 nitrogen and oxygen atoms in total. The van der Waals surface area contributed by atoms with Gasteiger partial charge in [0.05, 0.1) is 6.54 Å². The highest BCUT2D eigenvalue weighted by atomic mass is 79.9. The fraction of sp³-hybridized carbons (Fsp3) is 0.0833. The van der Waals surface area contributed by atoms with E-state index in [0.717, 1.165) is 15.0 Å². The lowest BCUT2D eigenvalue weighted by Gasteiger charge is -1.99. The van der Waals surface area contributed by atoms with Crippen LogP contribution in [0, 0.1) is 0 Å². The van der Waals surface area contributed by atoms with Gasteiger partial charge >= 0.3 is 5.69 Å². The number of rotatable bonds is 3. The highest BCUT2D eigenvalue weighted by Crippen LogP contribution is 2.13. The first-order valence-electron chi connectivity index (χ1n) is 5.55. The van der Waals surface area contributed by atoms with Gasteiger partial charge in [0, 0.05) is 4.47 Å². The molecule has 7 heteroatoms. The summed E-state index contributed by atoms with van der Waals surface area (Å²) in [5, 5.41) is 10.5. The fourth-order valence-electron chi connectivity index (χ4n) is 1.71. The Bertz CT molecular complexity index is 747. The van der Waals surface area contributed by atoms with Crippen LogP contribution in [0.4, 0.5) is 0 Å². The topological polar surface area (TPSA) is 52.7 Å². The van der Waals surface area contributed by atoms with Gasteiger partial charge in [0.1, 0.15) is 5.00 Å². The van der Waals surface area contributed by atoms with Crippen LogP contribution in [0.5, 0.6) is 0 Å². The van der Waals surface area contributed by atoms with Crippen LogP contribution in [0.2, 0.25) is 0 Å². The smallest absolute Gasteiger partial charge is 0.244 e. The first kappa shape index (κ1) is 12.3. The van der Waals surface area contributed by atoms with Crippen LogP contribution in [0.15, 0.2) is 51.0 Å². The molecular weight excluding hydrogens is 328 g/mol. The quantitative estimate of drug-likeness (QED) is 0.737. The molecule has 0 fully saturated rings. The molecule has 0 saturated heterocycles. The molecule has 0 aliphatic carbocycles. The second-order valence-electron chi connectivity index (χ2n) is 3.91. The van der Waals surface area contributed by atoms with Crippen molar-refractivity contribution in [3.05, 3.63) is 62.3 Å². The second-order valence-corrected chi connectivity index (χ2v) is 5.75. The maximum atomic E-state index is 12.2. The van der Waals surface area contributed by atoms with E-state index in [1.807, 2.05) is 41.8 Å². The van der Waals surface area contributed by atoms with Crippen LogP contribution in [-0.2, 0) is 6.54 Å². The number of nitrogens with zero attached hydrogens (tertiary/aromatic N) is 4. The predicted molar refractivity (Wildman–Crippen MR) is 76.7 cm³/mol. The Labute approximate surface area is 121 Å². The standard InChI is InChI=1S/C12H9BrN4OS/c13-10-4-1-3-9(7-10)8-16-12(18)17(15-14-16)11-5-2-6-19-11/h1-7H,8H2. The van der Waals surface area contributed by atoms with E-state index in [1.54, 1.807) is 0 Å². The van der Waals surface area contributed by atoms with E-state index in [4.69, 9.17) is 0 Å². The number of tetrazole rings is 1. The Hall–Kier alpha value is -1.73. The zero-order valence-corrected chi connectivity index (χ0v) is 12.1. The highest BCUT2D eigenvalue weighted by Gasteiger charge is 2.09. The van der Waals surface area contributed by atoms with E-state index < -0.39 is 0 Å². The van der Waals surface area contributed by atoms with Gasteiger partial charge in [0.25, 0.3) is 0 Å². The summed E-state index contributed by atoms with van der Waals surface area (Å²) in [4.78, 5) is 12.2. The van der Waals surface area contributed by atoms with Gasteiger partial charge in [0.15, 0.2) is 0 Å². The van der Waals surface area contributed by atoms with Crippen molar-refractivity contribution in [2.24, 2.45) is 0 Å². The minimum Gasteiger partial charge on any atom is -0.244 e. The summed E-state index contributed by atoms with van der Waals surface area (Å²) in [7, 11) is 0. The maximum Gasteiger partial charge on any atom is 0.369 e. The molecule has 1 aromatic carbocycles. The van der Waals surface area contributed by atoms with Crippen molar-refractivity contribution in [2.75, 3.05) is 0 Å². The van der Waals surface area contributed by atoms with Crippen molar-refractivity contribution >= 4 is 27.3 Å². The van der Waals surface area contributed by atoms with Crippen molar-refractivity contribution in [1.82, 2.24) is 19.8 Å². The summed E-state index contributed by atoms with van der Waals surface area (Å²) in [6.45, 7) is 0.406. The average Bonchev–Trinajstić information content (AvgIpc) is 3.01. The molecule has 0 unspecified atom stereocenters. The zero-order chi connectivity index (χ0) is 13.2. The summed E-state index contributed by atoms with van der Waals surface area (Å²) in [5.74, 6) is 0. The Kier molecular flexibility index (Phi) is 3.31. The van der Waals surface area contributed by atoms with Crippen LogP contribution >= 0.6 is 27.3 Å². The molecule has 0 atom stereocenters. The normalized spacial score (nSPS) is 10.8. The number of halogens is 1. The molecule has 2 heterocycles. The summed E-state index contributed by atoms with van der Waals surface area (Å²) >= 11 is 4.86. The summed E-state index contributed by atoms with van der Waals surface area (Å²) < 4.78 is 3.63. The number of hydrogen-bond donors (Lipinski definition) is 0. The minimum absolute atomic E-state index is 0.234. The molecule has 0 radical (unpaired) electrons. The molecule has 0 amide bonds. The molecule has 3 aromatic rings. The van der Waals surface area contributed by atoms with Gasteiger partial charge in [-0.3, -0.25) is 0 Å². The fourth-order valence-corrected chi connectivity index (χ4v) is 2.83. The zero-order valence-electron chi connectivity index (χ0n) is 9.73. The first-order valence-corrected chi connectivity index (χ1v) is 7.22. The maximum absolute atomic E-state index is 12.2. The Morgan fingerprint density at radius 2 is 2.11 bits per heavy atom. The van der Waals surface area contributed by atoms with Gasteiger partial charge in [-0.15, -0.1) is 11.3 Å². The van der Waals surface area contributed by atoms with Gasteiger partial charge in [0.2, 0.25) is 0 Å². The van der Waals surface area contributed by atoms with Crippen LogP contribution in [0.25, 0.3) is 5.00 Å². The molecule has 0 saturated carbocycles. The monoisotopic (exact) mass is 336 g/mol. The van der Waals surface area contributed by atoms with Crippen molar-refractivity contribution in [2.45, 2.75) is 6.54 Å². The molecule has 0 aliphatic rings. The lowest BCUT2D eigenvalue weighted by Crippen LogP contribution is -2.24. The lowest BCUT2D eigenvalue weighted by molar-refractivity contribution is 0.631. The third-order valence-electron chi connectivity index (χ3n) is 2.58. The number of thiophene rings is 1. The molecule has 19 heavy (non-hydrogen) atoms. The SMILES string of the molecule is O=c1n(Cc2cccc(Br)c2)nnn1-c1cccs1. The van der Waals surface area contributed by atoms with E-state index in [-0.39, 0.29) is 5.69 Å². The Balaban J connectivity index is 1.93. The predicted octanol–water partition coefficient (Wildman–Crippen LogP) is 2.30. The molecule has 2 aromatic heterocycles. The highest BCUT2D eigenvalue weighted by molar-refractivity contribution is 9.10. The van der Waals surface area contributed by atoms with Crippen molar-refractivity contribution < 1.29 is 0 Å². The Morgan fingerprint density at radius 1 is 1.21 bits per heavy atom. The van der Waals surface area contributed by atoms with Gasteiger partial charge in [-0.05, 0) is 45.6 Å². The minimum atomic E-state index is -0.234.